The van der Waals surface area contributed by atoms with E-state index in [1.807, 2.05) is 41.3 Å². The van der Waals surface area contributed by atoms with Gasteiger partial charge in [-0.25, -0.2) is 15.0 Å². The SMILES string of the molecule is COc1cc(-c2cc3c(N[C@H]4CCN(C(=O)c5ccccc5)C4)ncnc3s2)cnc1OC. The van der Waals surface area contributed by atoms with Crippen LogP contribution in [0.3, 0.4) is 0 Å². The highest BCUT2D eigenvalue weighted by Crippen LogP contribution is 2.38. The van der Waals surface area contributed by atoms with E-state index in [-0.39, 0.29) is 11.9 Å². The summed E-state index contributed by atoms with van der Waals surface area (Å²) in [4.78, 5) is 29.8. The molecule has 4 heterocycles. The van der Waals surface area contributed by atoms with Crippen molar-refractivity contribution in [3.63, 3.8) is 0 Å². The zero-order valence-corrected chi connectivity index (χ0v) is 19.1. The minimum Gasteiger partial charge on any atom is -0.491 e. The number of carbonyl (C=O) groups excluding carboxylic acids is 1. The molecule has 0 aliphatic carbocycles. The molecule has 1 aliphatic rings. The predicted octanol–water partition coefficient (Wildman–Crippen LogP) is 4.10. The molecule has 5 rings (SSSR count). The summed E-state index contributed by atoms with van der Waals surface area (Å²) in [5.41, 5.74) is 1.63. The average Bonchev–Trinajstić information content (AvgIpc) is 3.51. The average molecular weight is 462 g/mol. The Morgan fingerprint density at radius 1 is 1.12 bits per heavy atom. The standard InChI is InChI=1S/C24H23N5O3S/c1-31-19-10-16(12-25-22(19)32-2)20-11-18-21(26-14-27-23(18)33-20)28-17-8-9-29(13-17)24(30)15-6-4-3-5-7-15/h3-7,10-12,14,17H,8-9,13H2,1-2H3,(H,26,27,28)/t17-/m0/s1. The van der Waals surface area contributed by atoms with Crippen molar-refractivity contribution in [1.29, 1.82) is 0 Å². The highest BCUT2D eigenvalue weighted by molar-refractivity contribution is 7.21. The number of methoxy groups -OCH3 is 2. The third kappa shape index (κ3) is 4.19. The van der Waals surface area contributed by atoms with Crippen molar-refractivity contribution in [2.75, 3.05) is 32.6 Å². The number of aromatic nitrogens is 3. The Bertz CT molecular complexity index is 1290. The number of pyridine rings is 1. The van der Waals surface area contributed by atoms with Crippen LogP contribution in [0.2, 0.25) is 0 Å². The molecule has 0 unspecified atom stereocenters. The van der Waals surface area contributed by atoms with Gasteiger partial charge in [0.15, 0.2) is 5.75 Å². The van der Waals surface area contributed by atoms with Crippen molar-refractivity contribution < 1.29 is 14.3 Å². The normalized spacial score (nSPS) is 15.6. The lowest BCUT2D eigenvalue weighted by Gasteiger charge is -2.17. The van der Waals surface area contributed by atoms with Crippen LogP contribution in [0.15, 0.2) is 55.0 Å². The number of fused-ring (bicyclic) bond motifs is 1. The second-order valence-electron chi connectivity index (χ2n) is 7.73. The van der Waals surface area contributed by atoms with Crippen LogP contribution in [0.1, 0.15) is 16.8 Å². The maximum Gasteiger partial charge on any atom is 0.256 e. The van der Waals surface area contributed by atoms with E-state index in [1.165, 1.54) is 0 Å². The van der Waals surface area contributed by atoms with Crippen LogP contribution in [0.5, 0.6) is 11.6 Å². The molecule has 1 aliphatic heterocycles. The van der Waals surface area contributed by atoms with Gasteiger partial charge in [0.1, 0.15) is 17.0 Å². The van der Waals surface area contributed by atoms with Gasteiger partial charge in [-0.05, 0) is 30.7 Å². The number of likely N-dealkylation sites (tertiary alicyclic amines) is 1. The van der Waals surface area contributed by atoms with Crippen molar-refractivity contribution in [3.05, 3.63) is 60.6 Å². The number of amides is 1. The molecule has 33 heavy (non-hydrogen) atoms. The molecular weight excluding hydrogens is 438 g/mol. The number of nitrogens with zero attached hydrogens (tertiary/aromatic N) is 4. The molecular formula is C24H23N5O3S. The van der Waals surface area contributed by atoms with Crippen molar-refractivity contribution in [2.24, 2.45) is 0 Å². The zero-order chi connectivity index (χ0) is 22.8. The first-order valence-corrected chi connectivity index (χ1v) is 11.4. The van der Waals surface area contributed by atoms with Gasteiger partial charge in [0, 0.05) is 41.3 Å². The summed E-state index contributed by atoms with van der Waals surface area (Å²) in [6, 6.07) is 13.5. The van der Waals surface area contributed by atoms with Crippen LogP contribution in [-0.4, -0.2) is 59.1 Å². The molecule has 1 atom stereocenters. The second kappa shape index (κ2) is 9.03. The summed E-state index contributed by atoms with van der Waals surface area (Å²) >= 11 is 1.57. The molecule has 1 amide bonds. The number of benzene rings is 1. The summed E-state index contributed by atoms with van der Waals surface area (Å²) < 4.78 is 10.6. The Kier molecular flexibility index (Phi) is 5.78. The Balaban J connectivity index is 1.36. The number of hydrogen-bond donors (Lipinski definition) is 1. The van der Waals surface area contributed by atoms with E-state index in [4.69, 9.17) is 9.47 Å². The van der Waals surface area contributed by atoms with Gasteiger partial charge in [0.05, 0.1) is 19.6 Å². The largest absolute Gasteiger partial charge is 0.491 e. The van der Waals surface area contributed by atoms with E-state index < -0.39 is 0 Å². The third-order valence-electron chi connectivity index (χ3n) is 5.68. The fourth-order valence-electron chi connectivity index (χ4n) is 4.00. The highest BCUT2D eigenvalue weighted by atomic mass is 32.1. The molecule has 1 fully saturated rings. The topological polar surface area (TPSA) is 89.5 Å². The van der Waals surface area contributed by atoms with Gasteiger partial charge in [-0.2, -0.15) is 0 Å². The van der Waals surface area contributed by atoms with Crippen LogP contribution in [0, 0.1) is 0 Å². The number of anilines is 1. The lowest BCUT2D eigenvalue weighted by Crippen LogP contribution is -2.31. The molecule has 0 spiro atoms. The third-order valence-corrected chi connectivity index (χ3v) is 6.77. The molecule has 1 saturated heterocycles. The number of nitrogens with one attached hydrogen (secondary N) is 1. The summed E-state index contributed by atoms with van der Waals surface area (Å²) in [6.07, 6.45) is 4.19. The van der Waals surface area contributed by atoms with Gasteiger partial charge in [-0.15, -0.1) is 11.3 Å². The maximum absolute atomic E-state index is 12.8. The van der Waals surface area contributed by atoms with E-state index in [0.29, 0.717) is 30.3 Å². The van der Waals surface area contributed by atoms with Crippen LogP contribution in [-0.2, 0) is 0 Å². The lowest BCUT2D eigenvalue weighted by atomic mass is 10.2. The van der Waals surface area contributed by atoms with Crippen LogP contribution >= 0.6 is 11.3 Å². The first-order chi connectivity index (χ1) is 16.2. The number of hydrogen-bond acceptors (Lipinski definition) is 8. The Labute approximate surface area is 195 Å². The Hall–Kier alpha value is -3.72. The second-order valence-corrected chi connectivity index (χ2v) is 8.77. The number of ether oxygens (including phenoxy) is 2. The van der Waals surface area contributed by atoms with E-state index >= 15 is 0 Å². The monoisotopic (exact) mass is 461 g/mol. The van der Waals surface area contributed by atoms with Crippen LogP contribution in [0.25, 0.3) is 20.7 Å². The minimum atomic E-state index is 0.0616. The maximum atomic E-state index is 12.8. The van der Waals surface area contributed by atoms with Gasteiger partial charge in [0.2, 0.25) is 0 Å². The van der Waals surface area contributed by atoms with Gasteiger partial charge in [-0.1, -0.05) is 18.2 Å². The number of thiophene rings is 1. The van der Waals surface area contributed by atoms with Gasteiger partial charge in [0.25, 0.3) is 11.8 Å². The quantitative estimate of drug-likeness (QED) is 0.462. The molecule has 4 aromatic rings. The molecule has 0 saturated carbocycles. The van der Waals surface area contributed by atoms with Gasteiger partial charge in [-0.3, -0.25) is 4.79 Å². The first-order valence-electron chi connectivity index (χ1n) is 10.6. The fraction of sp³-hybridized carbons (Fsp3) is 0.250. The van der Waals surface area contributed by atoms with Gasteiger partial charge >= 0.3 is 0 Å². The lowest BCUT2D eigenvalue weighted by molar-refractivity contribution is 0.0791. The van der Waals surface area contributed by atoms with E-state index in [1.54, 1.807) is 38.1 Å². The van der Waals surface area contributed by atoms with Gasteiger partial charge < -0.3 is 19.7 Å². The zero-order valence-electron chi connectivity index (χ0n) is 18.3. The molecule has 9 heteroatoms. The molecule has 8 nitrogen and oxygen atoms in total. The van der Waals surface area contributed by atoms with Crippen molar-refractivity contribution in [1.82, 2.24) is 19.9 Å². The summed E-state index contributed by atoms with van der Waals surface area (Å²) in [6.45, 7) is 1.35. The molecule has 0 radical (unpaired) electrons. The molecule has 3 aromatic heterocycles. The summed E-state index contributed by atoms with van der Waals surface area (Å²) in [7, 11) is 3.16. The van der Waals surface area contributed by atoms with Crippen LogP contribution < -0.4 is 14.8 Å². The van der Waals surface area contributed by atoms with Crippen molar-refractivity contribution >= 4 is 33.3 Å². The summed E-state index contributed by atoms with van der Waals surface area (Å²) in [5, 5.41) is 4.47. The summed E-state index contributed by atoms with van der Waals surface area (Å²) in [5.74, 6) is 1.85. The Morgan fingerprint density at radius 3 is 2.76 bits per heavy atom. The molecule has 1 N–H and O–H groups in total. The molecule has 1 aromatic carbocycles. The number of rotatable bonds is 6. The Morgan fingerprint density at radius 2 is 1.97 bits per heavy atom. The minimum absolute atomic E-state index is 0.0616. The van der Waals surface area contributed by atoms with Crippen molar-refractivity contribution in [3.8, 4) is 22.1 Å². The van der Waals surface area contributed by atoms with E-state index in [0.717, 1.165) is 32.9 Å². The van der Waals surface area contributed by atoms with Crippen molar-refractivity contribution in [2.45, 2.75) is 12.5 Å². The first kappa shape index (κ1) is 21.1. The highest BCUT2D eigenvalue weighted by Gasteiger charge is 2.27. The predicted molar refractivity (Wildman–Crippen MR) is 128 cm³/mol. The van der Waals surface area contributed by atoms with Crippen LogP contribution in [0.4, 0.5) is 5.82 Å². The number of carbonyl (C=O) groups is 1. The fourth-order valence-corrected chi connectivity index (χ4v) is 4.98. The van der Waals surface area contributed by atoms with E-state index in [2.05, 4.69) is 26.3 Å². The molecule has 0 bridgehead atoms. The smallest absolute Gasteiger partial charge is 0.256 e. The molecule has 168 valence electrons. The van der Waals surface area contributed by atoms with E-state index in [9.17, 15) is 4.79 Å².